The largest absolute Gasteiger partial charge is 0.478 e. The molecule has 0 bridgehead atoms. The second kappa shape index (κ2) is 8.12. The summed E-state index contributed by atoms with van der Waals surface area (Å²) in [5, 5.41) is 8.81. The van der Waals surface area contributed by atoms with E-state index in [1.807, 2.05) is 12.1 Å². The minimum atomic E-state index is -0.865. The van der Waals surface area contributed by atoms with Gasteiger partial charge < -0.3 is 15.5 Å². The third-order valence-electron chi connectivity index (χ3n) is 3.20. The molecule has 1 aliphatic heterocycles. The van der Waals surface area contributed by atoms with Crippen LogP contribution in [0.3, 0.4) is 0 Å². The van der Waals surface area contributed by atoms with Gasteiger partial charge in [-0.2, -0.15) is 0 Å². The fourth-order valence-corrected chi connectivity index (χ4v) is 2.02. The first-order valence-electron chi connectivity index (χ1n) is 5.88. The van der Waals surface area contributed by atoms with Crippen LogP contribution in [0.4, 0.5) is 0 Å². The zero-order valence-electron chi connectivity index (χ0n) is 11.0. The summed E-state index contributed by atoms with van der Waals surface area (Å²) >= 11 is 0. The van der Waals surface area contributed by atoms with Crippen LogP contribution in [-0.2, 0) is 6.54 Å². The fourth-order valence-electron chi connectivity index (χ4n) is 2.02. The highest BCUT2D eigenvalue weighted by molar-refractivity contribution is 5.87. The number of carboxylic acid groups (broad SMARTS) is 1. The number of benzene rings is 1. The molecule has 1 aromatic carbocycles. The molecule has 0 spiro atoms. The molecule has 2 rings (SSSR count). The van der Waals surface area contributed by atoms with Crippen molar-refractivity contribution in [2.24, 2.45) is 0 Å². The topological polar surface area (TPSA) is 75.3 Å². The second-order valence-electron chi connectivity index (χ2n) is 4.58. The summed E-state index contributed by atoms with van der Waals surface area (Å²) in [7, 11) is 2.14. The van der Waals surface area contributed by atoms with Gasteiger partial charge in [-0.15, -0.1) is 12.4 Å². The average molecular weight is 289 g/mol. The van der Waals surface area contributed by atoms with Gasteiger partial charge in [-0.05, 0) is 24.7 Å². The van der Waals surface area contributed by atoms with E-state index in [1.165, 1.54) is 5.56 Å². The van der Waals surface area contributed by atoms with Crippen LogP contribution >= 0.6 is 12.4 Å². The molecule has 108 valence electrons. The van der Waals surface area contributed by atoms with Crippen LogP contribution in [0.2, 0.25) is 0 Å². The minimum Gasteiger partial charge on any atom is -0.478 e. The zero-order valence-corrected chi connectivity index (χ0v) is 11.8. The van der Waals surface area contributed by atoms with E-state index >= 15 is 0 Å². The first kappa shape index (κ1) is 17.9. The third-order valence-corrected chi connectivity index (χ3v) is 3.20. The van der Waals surface area contributed by atoms with E-state index in [1.54, 1.807) is 12.1 Å². The molecule has 1 aliphatic rings. The molecular weight excluding hydrogens is 268 g/mol. The average Bonchev–Trinajstić information content (AvgIpc) is 2.33. The Balaban J connectivity index is 0.00000162. The minimum absolute atomic E-state index is 0. The highest BCUT2D eigenvalue weighted by Crippen LogP contribution is 2.09. The van der Waals surface area contributed by atoms with Crippen molar-refractivity contribution in [3.8, 4) is 0 Å². The molecule has 19 heavy (non-hydrogen) atoms. The van der Waals surface area contributed by atoms with Gasteiger partial charge in [0.05, 0.1) is 5.56 Å². The number of carbonyl (C=O) groups is 1. The number of likely N-dealkylation sites (N-methyl/N-ethyl adjacent to an activating group) is 1. The SMILES string of the molecule is CN1CCN(Cc2ccc(C(=O)O)cc2)CC1.Cl.O. The van der Waals surface area contributed by atoms with Crippen LogP contribution in [0.15, 0.2) is 24.3 Å². The molecule has 0 aliphatic carbocycles. The van der Waals surface area contributed by atoms with Crippen LogP contribution in [0.25, 0.3) is 0 Å². The van der Waals surface area contributed by atoms with Gasteiger partial charge in [0.15, 0.2) is 0 Å². The number of hydrogen-bond acceptors (Lipinski definition) is 3. The number of halogens is 1. The highest BCUT2D eigenvalue weighted by atomic mass is 35.5. The van der Waals surface area contributed by atoms with Crippen LogP contribution in [0, 0.1) is 0 Å². The summed E-state index contributed by atoms with van der Waals surface area (Å²) in [5.41, 5.74) is 1.53. The van der Waals surface area contributed by atoms with Crippen molar-refractivity contribution < 1.29 is 15.4 Å². The predicted octanol–water partition coefficient (Wildman–Crippen LogP) is 0.729. The molecule has 0 atom stereocenters. The number of rotatable bonds is 3. The Hall–Kier alpha value is -1.14. The summed E-state index contributed by atoms with van der Waals surface area (Å²) < 4.78 is 0. The molecule has 5 nitrogen and oxygen atoms in total. The summed E-state index contributed by atoms with van der Waals surface area (Å²) in [6.45, 7) is 5.28. The Morgan fingerprint density at radius 1 is 1.16 bits per heavy atom. The van der Waals surface area contributed by atoms with E-state index in [4.69, 9.17) is 5.11 Å². The molecular formula is C13H21ClN2O3. The second-order valence-corrected chi connectivity index (χ2v) is 4.58. The maximum absolute atomic E-state index is 10.7. The van der Waals surface area contributed by atoms with Gasteiger partial charge in [0.25, 0.3) is 0 Å². The highest BCUT2D eigenvalue weighted by Gasteiger charge is 2.13. The van der Waals surface area contributed by atoms with Crippen molar-refractivity contribution in [1.29, 1.82) is 0 Å². The van der Waals surface area contributed by atoms with E-state index in [9.17, 15) is 4.79 Å². The lowest BCUT2D eigenvalue weighted by atomic mass is 10.1. The number of aromatic carboxylic acids is 1. The van der Waals surface area contributed by atoms with Gasteiger partial charge in [-0.3, -0.25) is 4.90 Å². The molecule has 3 N–H and O–H groups in total. The Morgan fingerprint density at radius 2 is 1.68 bits per heavy atom. The number of piperazine rings is 1. The summed E-state index contributed by atoms with van der Waals surface area (Å²) in [4.78, 5) is 15.4. The predicted molar refractivity (Wildman–Crippen MR) is 77.0 cm³/mol. The van der Waals surface area contributed by atoms with Gasteiger partial charge in [-0.25, -0.2) is 4.79 Å². The van der Waals surface area contributed by atoms with Gasteiger partial charge >= 0.3 is 5.97 Å². The van der Waals surface area contributed by atoms with Crippen molar-refractivity contribution in [2.45, 2.75) is 6.54 Å². The van der Waals surface area contributed by atoms with Gasteiger partial charge in [-0.1, -0.05) is 12.1 Å². The Morgan fingerprint density at radius 3 is 2.16 bits per heavy atom. The fraction of sp³-hybridized carbons (Fsp3) is 0.462. The normalized spacial score (nSPS) is 16.3. The number of hydrogen-bond donors (Lipinski definition) is 1. The molecule has 1 aromatic rings. The molecule has 1 fully saturated rings. The molecule has 0 saturated carbocycles. The van der Waals surface area contributed by atoms with Crippen molar-refractivity contribution in [3.63, 3.8) is 0 Å². The Kier molecular flexibility index (Phi) is 7.63. The molecule has 1 saturated heterocycles. The first-order valence-corrected chi connectivity index (χ1v) is 5.88. The van der Waals surface area contributed by atoms with E-state index < -0.39 is 5.97 Å². The molecule has 6 heteroatoms. The van der Waals surface area contributed by atoms with E-state index in [2.05, 4.69) is 16.8 Å². The standard InChI is InChI=1S/C13H18N2O2.ClH.H2O/c1-14-6-8-15(9-7-14)10-11-2-4-12(5-3-11)13(16)17;;/h2-5H,6-10H2,1H3,(H,16,17);1H;1H2. The Bertz CT molecular complexity index is 389. The number of carboxylic acids is 1. The van der Waals surface area contributed by atoms with Crippen LogP contribution in [-0.4, -0.2) is 59.6 Å². The lowest BCUT2D eigenvalue weighted by molar-refractivity contribution is 0.0697. The molecule has 0 amide bonds. The maximum Gasteiger partial charge on any atom is 0.335 e. The first-order chi connectivity index (χ1) is 8.15. The van der Waals surface area contributed by atoms with Gasteiger partial charge in [0.1, 0.15) is 0 Å². The van der Waals surface area contributed by atoms with Crippen molar-refractivity contribution in [2.75, 3.05) is 33.2 Å². The third kappa shape index (κ3) is 5.16. The quantitative estimate of drug-likeness (QED) is 0.890. The van der Waals surface area contributed by atoms with E-state index in [0.29, 0.717) is 5.56 Å². The van der Waals surface area contributed by atoms with Crippen LogP contribution in [0.1, 0.15) is 15.9 Å². The summed E-state index contributed by atoms with van der Waals surface area (Å²) in [6, 6.07) is 7.16. The monoisotopic (exact) mass is 288 g/mol. The van der Waals surface area contributed by atoms with Crippen molar-refractivity contribution in [3.05, 3.63) is 35.4 Å². The van der Waals surface area contributed by atoms with Crippen molar-refractivity contribution >= 4 is 18.4 Å². The smallest absolute Gasteiger partial charge is 0.335 e. The van der Waals surface area contributed by atoms with Gasteiger partial charge in [0.2, 0.25) is 0 Å². The summed E-state index contributed by atoms with van der Waals surface area (Å²) in [5.74, 6) is -0.865. The maximum atomic E-state index is 10.7. The van der Waals surface area contributed by atoms with Gasteiger partial charge in [0, 0.05) is 32.7 Å². The summed E-state index contributed by atoms with van der Waals surface area (Å²) in [6.07, 6.45) is 0. The van der Waals surface area contributed by atoms with E-state index in [0.717, 1.165) is 32.7 Å². The van der Waals surface area contributed by atoms with Crippen LogP contribution < -0.4 is 0 Å². The molecule has 1 heterocycles. The lowest BCUT2D eigenvalue weighted by Crippen LogP contribution is -2.43. The van der Waals surface area contributed by atoms with Crippen LogP contribution in [0.5, 0.6) is 0 Å². The molecule has 0 aromatic heterocycles. The Labute approximate surface area is 119 Å². The van der Waals surface area contributed by atoms with Crippen molar-refractivity contribution in [1.82, 2.24) is 9.80 Å². The zero-order chi connectivity index (χ0) is 12.3. The molecule has 0 radical (unpaired) electrons. The lowest BCUT2D eigenvalue weighted by Gasteiger charge is -2.32. The van der Waals surface area contributed by atoms with E-state index in [-0.39, 0.29) is 17.9 Å². The number of nitrogens with zero attached hydrogens (tertiary/aromatic N) is 2. The molecule has 0 unspecified atom stereocenters.